The van der Waals surface area contributed by atoms with Gasteiger partial charge in [-0.25, -0.2) is 5.01 Å². The Hall–Kier alpha value is -1.18. The molecular formula is C11H11N3OS3. The van der Waals surface area contributed by atoms with Crippen molar-refractivity contribution in [2.45, 2.75) is 6.92 Å². The van der Waals surface area contributed by atoms with E-state index < -0.39 is 0 Å². The van der Waals surface area contributed by atoms with Crippen LogP contribution >= 0.6 is 36.2 Å². The van der Waals surface area contributed by atoms with Crippen molar-refractivity contribution in [3.8, 4) is 0 Å². The van der Waals surface area contributed by atoms with Gasteiger partial charge in [-0.1, -0.05) is 36.1 Å². The number of thioether (sulfide) groups is 1. The molecule has 0 bridgehead atoms. The summed E-state index contributed by atoms with van der Waals surface area (Å²) in [7, 11) is 0. The van der Waals surface area contributed by atoms with Crippen molar-refractivity contribution in [3.63, 3.8) is 0 Å². The number of hydrogen-bond acceptors (Lipinski definition) is 4. The van der Waals surface area contributed by atoms with Crippen LogP contribution in [0.15, 0.2) is 24.3 Å². The highest BCUT2D eigenvalue weighted by Crippen LogP contribution is 2.17. The van der Waals surface area contributed by atoms with Crippen molar-refractivity contribution < 1.29 is 4.79 Å². The van der Waals surface area contributed by atoms with Gasteiger partial charge < -0.3 is 5.32 Å². The van der Waals surface area contributed by atoms with Crippen molar-refractivity contribution >= 4 is 57.2 Å². The molecule has 0 radical (unpaired) electrons. The Morgan fingerprint density at radius 1 is 1.50 bits per heavy atom. The van der Waals surface area contributed by atoms with E-state index in [1.54, 1.807) is 0 Å². The van der Waals surface area contributed by atoms with Gasteiger partial charge in [-0.15, -0.1) is 0 Å². The number of amides is 1. The fourth-order valence-corrected chi connectivity index (χ4v) is 2.63. The van der Waals surface area contributed by atoms with Crippen LogP contribution in [0.3, 0.4) is 0 Å². The minimum absolute atomic E-state index is 0.0848. The SMILES string of the molecule is Cc1cccc(NC(=S)NN2C(=O)CSC2=S)c1. The Kier molecular flexibility index (Phi) is 4.15. The van der Waals surface area contributed by atoms with Gasteiger partial charge in [0.1, 0.15) is 0 Å². The molecule has 1 fully saturated rings. The van der Waals surface area contributed by atoms with Crippen molar-refractivity contribution in [2.75, 3.05) is 11.1 Å². The Balaban J connectivity index is 1.97. The summed E-state index contributed by atoms with van der Waals surface area (Å²) in [6.45, 7) is 2.00. The molecule has 0 aromatic heterocycles. The predicted octanol–water partition coefficient (Wildman–Crippen LogP) is 2.06. The summed E-state index contributed by atoms with van der Waals surface area (Å²) in [6.07, 6.45) is 0. The average molecular weight is 297 g/mol. The van der Waals surface area contributed by atoms with Gasteiger partial charge in [0.05, 0.1) is 5.75 Å². The molecule has 1 aliphatic heterocycles. The summed E-state index contributed by atoms with van der Waals surface area (Å²) in [6, 6.07) is 7.80. The molecular weight excluding hydrogens is 286 g/mol. The largest absolute Gasteiger partial charge is 0.331 e. The number of nitrogens with zero attached hydrogens (tertiary/aromatic N) is 1. The van der Waals surface area contributed by atoms with E-state index in [2.05, 4.69) is 10.7 Å². The zero-order valence-electron chi connectivity index (χ0n) is 9.60. The topological polar surface area (TPSA) is 44.4 Å². The number of nitrogens with one attached hydrogen (secondary N) is 2. The van der Waals surface area contributed by atoms with Crippen LogP contribution in [-0.4, -0.2) is 26.1 Å². The van der Waals surface area contributed by atoms with Crippen molar-refractivity contribution in [3.05, 3.63) is 29.8 Å². The van der Waals surface area contributed by atoms with Crippen LogP contribution in [0.1, 0.15) is 5.56 Å². The lowest BCUT2D eigenvalue weighted by Gasteiger charge is -2.18. The minimum atomic E-state index is -0.0848. The smallest absolute Gasteiger partial charge is 0.257 e. The number of benzene rings is 1. The molecule has 0 unspecified atom stereocenters. The van der Waals surface area contributed by atoms with Crippen LogP contribution in [0.5, 0.6) is 0 Å². The Labute approximate surface area is 120 Å². The third-order valence-corrected chi connectivity index (χ3v) is 3.79. The summed E-state index contributed by atoms with van der Waals surface area (Å²) in [5, 5.41) is 4.65. The van der Waals surface area contributed by atoms with Crippen molar-refractivity contribution in [2.24, 2.45) is 0 Å². The predicted molar refractivity (Wildman–Crippen MR) is 82.4 cm³/mol. The normalized spacial score (nSPS) is 14.8. The van der Waals surface area contributed by atoms with Gasteiger partial charge >= 0.3 is 0 Å². The van der Waals surface area contributed by atoms with Crippen molar-refractivity contribution in [1.82, 2.24) is 10.4 Å². The first-order valence-corrected chi connectivity index (χ1v) is 7.00. The molecule has 1 heterocycles. The Morgan fingerprint density at radius 2 is 2.28 bits per heavy atom. The molecule has 2 N–H and O–H groups in total. The van der Waals surface area contributed by atoms with E-state index in [0.29, 0.717) is 15.2 Å². The fraction of sp³-hybridized carbons (Fsp3) is 0.182. The minimum Gasteiger partial charge on any atom is -0.331 e. The van der Waals surface area contributed by atoms with Gasteiger partial charge in [0.2, 0.25) is 0 Å². The summed E-state index contributed by atoms with van der Waals surface area (Å²) in [4.78, 5) is 11.5. The highest BCUT2D eigenvalue weighted by atomic mass is 32.2. The third kappa shape index (κ3) is 3.18. The lowest BCUT2D eigenvalue weighted by Crippen LogP contribution is -2.46. The molecule has 0 atom stereocenters. The van der Waals surface area contributed by atoms with Gasteiger partial charge in [0.15, 0.2) is 9.43 Å². The molecule has 1 aliphatic rings. The maximum atomic E-state index is 11.5. The number of rotatable bonds is 2. The van der Waals surface area contributed by atoms with Gasteiger partial charge in [-0.3, -0.25) is 10.2 Å². The van der Waals surface area contributed by atoms with Gasteiger partial charge in [-0.2, -0.15) is 0 Å². The lowest BCUT2D eigenvalue weighted by molar-refractivity contribution is -0.125. The molecule has 7 heteroatoms. The lowest BCUT2D eigenvalue weighted by atomic mass is 10.2. The van der Waals surface area contributed by atoms with E-state index in [4.69, 9.17) is 24.4 Å². The molecule has 1 aromatic rings. The Bertz CT molecular complexity index is 502. The zero-order valence-corrected chi connectivity index (χ0v) is 12.0. The first-order chi connectivity index (χ1) is 8.56. The molecule has 0 spiro atoms. The quantitative estimate of drug-likeness (QED) is 0.815. The van der Waals surface area contributed by atoms with Gasteiger partial charge in [0.25, 0.3) is 5.91 Å². The van der Waals surface area contributed by atoms with Crippen LogP contribution in [0.4, 0.5) is 5.69 Å². The van der Waals surface area contributed by atoms with Crippen LogP contribution in [0.25, 0.3) is 0 Å². The van der Waals surface area contributed by atoms with E-state index >= 15 is 0 Å². The third-order valence-electron chi connectivity index (χ3n) is 2.24. The summed E-state index contributed by atoms with van der Waals surface area (Å²) in [5.74, 6) is 0.275. The molecule has 0 aliphatic carbocycles. The van der Waals surface area contributed by atoms with E-state index in [-0.39, 0.29) is 5.91 Å². The maximum absolute atomic E-state index is 11.5. The van der Waals surface area contributed by atoms with Crippen LogP contribution in [-0.2, 0) is 4.79 Å². The molecule has 4 nitrogen and oxygen atoms in total. The summed E-state index contributed by atoms with van der Waals surface area (Å²) >= 11 is 11.5. The number of hydrogen-bond donors (Lipinski definition) is 2. The van der Waals surface area contributed by atoms with Crippen LogP contribution < -0.4 is 10.7 Å². The molecule has 2 rings (SSSR count). The summed E-state index contributed by atoms with van der Waals surface area (Å²) in [5.41, 5.74) is 4.79. The number of anilines is 1. The van der Waals surface area contributed by atoms with Gasteiger partial charge in [-0.05, 0) is 36.8 Å². The molecule has 0 saturated carbocycles. The first kappa shape index (κ1) is 13.3. The monoisotopic (exact) mass is 297 g/mol. The number of carbonyl (C=O) groups is 1. The Morgan fingerprint density at radius 3 is 2.89 bits per heavy atom. The maximum Gasteiger partial charge on any atom is 0.257 e. The average Bonchev–Trinajstić information content (AvgIpc) is 2.61. The van der Waals surface area contributed by atoms with Crippen molar-refractivity contribution in [1.29, 1.82) is 0 Å². The first-order valence-electron chi connectivity index (χ1n) is 5.20. The van der Waals surface area contributed by atoms with Crippen LogP contribution in [0.2, 0.25) is 0 Å². The standard InChI is InChI=1S/C11H11N3OS3/c1-7-3-2-4-8(5-7)12-10(16)13-14-9(15)6-18-11(14)17/h2-5H,6H2,1H3,(H2,12,13,16). The number of carbonyl (C=O) groups excluding carboxylic acids is 1. The van der Waals surface area contributed by atoms with Gasteiger partial charge in [0, 0.05) is 5.69 Å². The van der Waals surface area contributed by atoms with E-state index in [1.807, 2.05) is 31.2 Å². The number of thiocarbonyl (C=S) groups is 2. The molecule has 1 saturated heterocycles. The number of hydrazine groups is 1. The molecule has 1 aromatic carbocycles. The van der Waals surface area contributed by atoms with E-state index in [9.17, 15) is 4.79 Å². The highest BCUT2D eigenvalue weighted by molar-refractivity contribution is 8.23. The molecule has 94 valence electrons. The second-order valence-electron chi connectivity index (χ2n) is 3.72. The number of aryl methyl sites for hydroxylation is 1. The molecule has 18 heavy (non-hydrogen) atoms. The zero-order chi connectivity index (χ0) is 13.1. The second kappa shape index (κ2) is 5.64. The fourth-order valence-electron chi connectivity index (χ4n) is 1.45. The van der Waals surface area contributed by atoms with Crippen LogP contribution in [0, 0.1) is 6.92 Å². The summed E-state index contributed by atoms with van der Waals surface area (Å²) < 4.78 is 0.494. The molecule has 1 amide bonds. The van der Waals surface area contributed by atoms with E-state index in [1.165, 1.54) is 16.8 Å². The van der Waals surface area contributed by atoms with E-state index in [0.717, 1.165) is 11.3 Å². The second-order valence-corrected chi connectivity index (χ2v) is 5.74. The highest BCUT2D eigenvalue weighted by Gasteiger charge is 2.27.